The maximum atomic E-state index is 6.19. The number of hydrogen-bond acceptors (Lipinski definition) is 0. The topological polar surface area (TPSA) is 0 Å². The Morgan fingerprint density at radius 2 is 1.29 bits per heavy atom. The van der Waals surface area contributed by atoms with Crippen LogP contribution in [0.25, 0.3) is 21.5 Å². The predicted molar refractivity (Wildman–Crippen MR) is 76.5 cm³/mol. The van der Waals surface area contributed by atoms with Gasteiger partial charge in [-0.05, 0) is 40.4 Å². The quantitative estimate of drug-likeness (QED) is 0.446. The van der Waals surface area contributed by atoms with E-state index in [-0.39, 0.29) is 0 Å². The molecule has 0 fully saturated rings. The predicted octanol–water partition coefficient (Wildman–Crippen LogP) is 5.95. The summed E-state index contributed by atoms with van der Waals surface area (Å²) in [4.78, 5) is 0. The standard InChI is InChI=1S/C14H7Cl3/c15-9-3-1-8-2-4-11-13(12(8)5-9)6-10(16)7-14(11)17/h1-7H. The lowest BCUT2D eigenvalue weighted by Crippen LogP contribution is -1.79. The molecule has 0 heterocycles. The van der Waals surface area contributed by atoms with Crippen LogP contribution in [0.3, 0.4) is 0 Å². The van der Waals surface area contributed by atoms with Crippen molar-refractivity contribution in [2.45, 2.75) is 0 Å². The highest BCUT2D eigenvalue weighted by molar-refractivity contribution is 6.40. The van der Waals surface area contributed by atoms with Gasteiger partial charge >= 0.3 is 0 Å². The molecule has 0 saturated carbocycles. The van der Waals surface area contributed by atoms with Gasteiger partial charge in [0.15, 0.2) is 0 Å². The van der Waals surface area contributed by atoms with E-state index in [1.54, 1.807) is 6.07 Å². The normalized spacial score (nSPS) is 11.2. The molecule has 3 aromatic rings. The van der Waals surface area contributed by atoms with Gasteiger partial charge in [0.2, 0.25) is 0 Å². The maximum absolute atomic E-state index is 6.19. The Morgan fingerprint density at radius 1 is 0.588 bits per heavy atom. The first-order valence-electron chi connectivity index (χ1n) is 5.12. The number of halogens is 3. The molecule has 0 unspecified atom stereocenters. The molecular formula is C14H7Cl3. The molecule has 0 atom stereocenters. The highest BCUT2D eigenvalue weighted by atomic mass is 35.5. The van der Waals surface area contributed by atoms with Gasteiger partial charge in [0.1, 0.15) is 0 Å². The second-order valence-corrected chi connectivity index (χ2v) is 5.19. The van der Waals surface area contributed by atoms with Crippen LogP contribution in [0.2, 0.25) is 15.1 Å². The van der Waals surface area contributed by atoms with E-state index in [9.17, 15) is 0 Å². The molecule has 0 aliphatic rings. The van der Waals surface area contributed by atoms with E-state index < -0.39 is 0 Å². The van der Waals surface area contributed by atoms with Crippen molar-refractivity contribution in [1.82, 2.24) is 0 Å². The van der Waals surface area contributed by atoms with Crippen LogP contribution < -0.4 is 0 Å². The van der Waals surface area contributed by atoms with E-state index in [2.05, 4.69) is 0 Å². The van der Waals surface area contributed by atoms with Gasteiger partial charge in [-0.2, -0.15) is 0 Å². The summed E-state index contributed by atoms with van der Waals surface area (Å²) in [5, 5.41) is 6.22. The monoisotopic (exact) mass is 280 g/mol. The first-order chi connectivity index (χ1) is 8.15. The fraction of sp³-hybridized carbons (Fsp3) is 0. The third-order valence-electron chi connectivity index (χ3n) is 2.83. The molecule has 0 nitrogen and oxygen atoms in total. The van der Waals surface area contributed by atoms with Crippen molar-refractivity contribution in [3.63, 3.8) is 0 Å². The zero-order chi connectivity index (χ0) is 12.0. The lowest BCUT2D eigenvalue weighted by atomic mass is 10.0. The molecule has 0 aliphatic carbocycles. The molecule has 0 amide bonds. The molecule has 0 aromatic heterocycles. The first kappa shape index (κ1) is 11.2. The minimum atomic E-state index is 0.634. The zero-order valence-electron chi connectivity index (χ0n) is 8.68. The Kier molecular flexibility index (Phi) is 2.67. The zero-order valence-corrected chi connectivity index (χ0v) is 10.9. The summed E-state index contributed by atoms with van der Waals surface area (Å²) in [5.41, 5.74) is 0. The van der Waals surface area contributed by atoms with Crippen molar-refractivity contribution < 1.29 is 0 Å². The molecule has 3 heteroatoms. The van der Waals surface area contributed by atoms with E-state index in [0.717, 1.165) is 21.5 Å². The first-order valence-corrected chi connectivity index (χ1v) is 6.25. The molecule has 0 saturated heterocycles. The molecule has 0 N–H and O–H groups in total. The smallest absolute Gasteiger partial charge is 0.0499 e. The van der Waals surface area contributed by atoms with Crippen LogP contribution in [0.15, 0.2) is 42.5 Å². The van der Waals surface area contributed by atoms with E-state index in [1.807, 2.05) is 36.4 Å². The fourth-order valence-electron chi connectivity index (χ4n) is 2.06. The second-order valence-electron chi connectivity index (χ2n) is 3.91. The van der Waals surface area contributed by atoms with Gasteiger partial charge in [0.25, 0.3) is 0 Å². The molecule has 3 aromatic carbocycles. The minimum absolute atomic E-state index is 0.634. The van der Waals surface area contributed by atoms with Gasteiger partial charge in [-0.1, -0.05) is 53.0 Å². The molecule has 3 rings (SSSR count). The summed E-state index contributed by atoms with van der Waals surface area (Å²) in [5.74, 6) is 0. The van der Waals surface area contributed by atoms with E-state index in [1.165, 1.54) is 0 Å². The average molecular weight is 282 g/mol. The molecule has 17 heavy (non-hydrogen) atoms. The molecule has 0 radical (unpaired) electrons. The summed E-state index contributed by atoms with van der Waals surface area (Å²) in [6.07, 6.45) is 0. The van der Waals surface area contributed by atoms with Crippen LogP contribution in [-0.2, 0) is 0 Å². The number of fused-ring (bicyclic) bond motifs is 3. The Balaban J connectivity index is 2.58. The molecule has 0 spiro atoms. The summed E-state index contributed by atoms with van der Waals surface area (Å²) < 4.78 is 0. The molecule has 0 bridgehead atoms. The van der Waals surface area contributed by atoms with E-state index in [0.29, 0.717) is 15.1 Å². The SMILES string of the molecule is Clc1ccc2ccc3c(Cl)cc(Cl)cc3c2c1. The third-order valence-corrected chi connectivity index (χ3v) is 3.60. The number of benzene rings is 3. The fourth-order valence-corrected chi connectivity index (χ4v) is 2.79. The lowest BCUT2D eigenvalue weighted by Gasteiger charge is -2.06. The summed E-state index contributed by atoms with van der Waals surface area (Å²) in [6.45, 7) is 0. The van der Waals surface area contributed by atoms with Gasteiger partial charge in [-0.25, -0.2) is 0 Å². The van der Waals surface area contributed by atoms with Crippen LogP contribution in [0.1, 0.15) is 0 Å². The largest absolute Gasteiger partial charge is 0.0843 e. The van der Waals surface area contributed by atoms with Gasteiger partial charge in [0.05, 0.1) is 0 Å². The summed E-state index contributed by atoms with van der Waals surface area (Å²) in [7, 11) is 0. The highest BCUT2D eigenvalue weighted by Crippen LogP contribution is 2.34. The number of hydrogen-bond donors (Lipinski definition) is 0. The van der Waals surface area contributed by atoms with Gasteiger partial charge < -0.3 is 0 Å². The lowest BCUT2D eigenvalue weighted by molar-refractivity contribution is 1.76. The number of rotatable bonds is 0. The van der Waals surface area contributed by atoms with Crippen LogP contribution >= 0.6 is 34.8 Å². The summed E-state index contributed by atoms with van der Waals surface area (Å²) in [6, 6.07) is 13.5. The second kappa shape index (κ2) is 4.06. The van der Waals surface area contributed by atoms with E-state index >= 15 is 0 Å². The van der Waals surface area contributed by atoms with Crippen LogP contribution in [0.5, 0.6) is 0 Å². The van der Waals surface area contributed by atoms with Crippen molar-refractivity contribution in [2.75, 3.05) is 0 Å². The molecule has 0 aliphatic heterocycles. The van der Waals surface area contributed by atoms with E-state index in [4.69, 9.17) is 34.8 Å². The third kappa shape index (κ3) is 1.87. The Bertz CT molecular complexity index is 732. The van der Waals surface area contributed by atoms with Crippen molar-refractivity contribution >= 4 is 56.3 Å². The van der Waals surface area contributed by atoms with Crippen molar-refractivity contribution in [1.29, 1.82) is 0 Å². The highest BCUT2D eigenvalue weighted by Gasteiger charge is 2.05. The van der Waals surface area contributed by atoms with Gasteiger partial charge in [-0.15, -0.1) is 0 Å². The van der Waals surface area contributed by atoms with Crippen LogP contribution in [0.4, 0.5) is 0 Å². The Morgan fingerprint density at radius 3 is 2.12 bits per heavy atom. The minimum Gasteiger partial charge on any atom is -0.0843 e. The Labute approximate surface area is 114 Å². The van der Waals surface area contributed by atoms with Crippen LogP contribution in [-0.4, -0.2) is 0 Å². The average Bonchev–Trinajstić information content (AvgIpc) is 2.28. The van der Waals surface area contributed by atoms with Gasteiger partial charge in [-0.3, -0.25) is 0 Å². The van der Waals surface area contributed by atoms with Crippen molar-refractivity contribution in [2.24, 2.45) is 0 Å². The summed E-state index contributed by atoms with van der Waals surface area (Å²) >= 11 is 18.3. The Hall–Kier alpha value is -0.950. The van der Waals surface area contributed by atoms with Crippen LogP contribution in [0, 0.1) is 0 Å². The molecule has 84 valence electrons. The van der Waals surface area contributed by atoms with Crippen molar-refractivity contribution in [3.05, 3.63) is 57.5 Å². The molecular weight excluding hydrogens is 275 g/mol. The maximum Gasteiger partial charge on any atom is 0.0499 e. The van der Waals surface area contributed by atoms with Gasteiger partial charge in [0, 0.05) is 20.5 Å². The van der Waals surface area contributed by atoms with Crippen molar-refractivity contribution in [3.8, 4) is 0 Å².